The van der Waals surface area contributed by atoms with Crippen molar-refractivity contribution >= 4 is 0 Å². The Morgan fingerprint density at radius 2 is 1.40 bits per heavy atom. The fraction of sp³-hybridized carbons (Fsp3) is 0.0400. The molecule has 0 saturated carbocycles. The summed E-state index contributed by atoms with van der Waals surface area (Å²) in [6.07, 6.45) is 5.08. The van der Waals surface area contributed by atoms with Crippen molar-refractivity contribution in [3.05, 3.63) is 104 Å². The molecule has 2 N–H and O–H groups in total. The van der Waals surface area contributed by atoms with Crippen LogP contribution in [-0.4, -0.2) is 27.0 Å². The first-order valence-corrected chi connectivity index (χ1v) is 9.63. The van der Waals surface area contributed by atoms with Gasteiger partial charge in [0, 0.05) is 29.1 Å². The molecule has 0 saturated heterocycles. The maximum absolute atomic E-state index is 5.24. The quantitative estimate of drug-likeness (QED) is 0.403. The maximum Gasteiger partial charge on any atom is 0.138 e. The number of hydrogen-bond donors (Lipinski definition) is 2. The van der Waals surface area contributed by atoms with Crippen molar-refractivity contribution in [3.8, 4) is 39.7 Å². The van der Waals surface area contributed by atoms with Gasteiger partial charge < -0.3 is 14.7 Å². The lowest BCUT2D eigenvalue weighted by atomic mass is 10.1. The minimum absolute atomic E-state index is 0.835. The van der Waals surface area contributed by atoms with Crippen molar-refractivity contribution in [1.29, 1.82) is 0 Å². The fourth-order valence-electron chi connectivity index (χ4n) is 3.09. The van der Waals surface area contributed by atoms with E-state index in [0.29, 0.717) is 0 Å². The Morgan fingerprint density at radius 3 is 1.93 bits per heavy atom. The molecule has 0 unspecified atom stereocenters. The van der Waals surface area contributed by atoms with E-state index in [0.717, 1.165) is 39.7 Å². The van der Waals surface area contributed by atoms with E-state index in [1.165, 1.54) is 0 Å². The monoisotopic (exact) mass is 394 g/mol. The van der Waals surface area contributed by atoms with E-state index in [2.05, 4.69) is 39.2 Å². The SMILES string of the molecule is COc1ccc(-c2nc(-c3ccccc3)c(-c3ccccc3)[nH]2)cc1.c1c[nH]cn1. The molecule has 3 aromatic carbocycles. The van der Waals surface area contributed by atoms with Crippen LogP contribution in [0.3, 0.4) is 0 Å². The maximum atomic E-state index is 5.24. The Morgan fingerprint density at radius 1 is 0.733 bits per heavy atom. The molecule has 2 heterocycles. The lowest BCUT2D eigenvalue weighted by Crippen LogP contribution is -1.84. The summed E-state index contributed by atoms with van der Waals surface area (Å²) in [6.45, 7) is 0. The minimum Gasteiger partial charge on any atom is -0.497 e. The Balaban J connectivity index is 0.000000383. The van der Waals surface area contributed by atoms with Gasteiger partial charge in [-0.1, -0.05) is 60.7 Å². The summed E-state index contributed by atoms with van der Waals surface area (Å²) in [5, 5.41) is 0. The van der Waals surface area contributed by atoms with Gasteiger partial charge in [0.1, 0.15) is 11.6 Å². The van der Waals surface area contributed by atoms with Gasteiger partial charge in [0.25, 0.3) is 0 Å². The van der Waals surface area contributed by atoms with Gasteiger partial charge in [-0.2, -0.15) is 0 Å². The van der Waals surface area contributed by atoms with Gasteiger partial charge in [-0.3, -0.25) is 0 Å². The molecular formula is C25H22N4O. The van der Waals surface area contributed by atoms with Gasteiger partial charge in [-0.15, -0.1) is 0 Å². The molecule has 0 radical (unpaired) electrons. The number of rotatable bonds is 4. The van der Waals surface area contributed by atoms with Crippen LogP contribution in [0.2, 0.25) is 0 Å². The number of H-pyrrole nitrogens is 2. The number of nitrogens with zero attached hydrogens (tertiary/aromatic N) is 2. The summed E-state index contributed by atoms with van der Waals surface area (Å²) in [4.78, 5) is 14.8. The molecule has 148 valence electrons. The highest BCUT2D eigenvalue weighted by molar-refractivity contribution is 5.81. The highest BCUT2D eigenvalue weighted by Crippen LogP contribution is 2.33. The van der Waals surface area contributed by atoms with Gasteiger partial charge in [0.05, 0.1) is 24.8 Å². The summed E-state index contributed by atoms with van der Waals surface area (Å²) >= 11 is 0. The highest BCUT2D eigenvalue weighted by Gasteiger charge is 2.14. The lowest BCUT2D eigenvalue weighted by molar-refractivity contribution is 0.415. The van der Waals surface area contributed by atoms with E-state index in [-0.39, 0.29) is 0 Å². The summed E-state index contributed by atoms with van der Waals surface area (Å²) in [5.74, 6) is 1.68. The standard InChI is InChI=1S/C22H18N2O.C3H4N2/c1-25-19-14-12-18(13-15-19)22-23-20(16-8-4-2-5-9-16)21(24-22)17-10-6-3-7-11-17;1-2-5-3-4-1/h2-15H,1H3,(H,23,24);1-3H,(H,4,5). The molecule has 30 heavy (non-hydrogen) atoms. The number of nitrogens with one attached hydrogen (secondary N) is 2. The van der Waals surface area contributed by atoms with Crippen LogP contribution in [0.5, 0.6) is 5.75 Å². The summed E-state index contributed by atoms with van der Waals surface area (Å²) < 4.78 is 5.24. The number of aromatic nitrogens is 4. The molecule has 0 aliphatic rings. The van der Waals surface area contributed by atoms with Crippen molar-refractivity contribution in [1.82, 2.24) is 19.9 Å². The Bertz CT molecular complexity index is 1080. The molecule has 0 atom stereocenters. The van der Waals surface area contributed by atoms with Gasteiger partial charge in [-0.25, -0.2) is 9.97 Å². The first-order chi connectivity index (χ1) is 14.8. The third-order valence-electron chi connectivity index (χ3n) is 4.58. The topological polar surface area (TPSA) is 66.6 Å². The van der Waals surface area contributed by atoms with Gasteiger partial charge >= 0.3 is 0 Å². The molecule has 0 aliphatic heterocycles. The van der Waals surface area contributed by atoms with Crippen molar-refractivity contribution in [2.75, 3.05) is 7.11 Å². The summed E-state index contributed by atoms with van der Waals surface area (Å²) in [5.41, 5.74) is 5.22. The molecule has 0 amide bonds. The van der Waals surface area contributed by atoms with Crippen LogP contribution in [0.25, 0.3) is 33.9 Å². The van der Waals surface area contributed by atoms with Crippen LogP contribution >= 0.6 is 0 Å². The second kappa shape index (κ2) is 9.39. The highest BCUT2D eigenvalue weighted by atomic mass is 16.5. The van der Waals surface area contributed by atoms with Crippen molar-refractivity contribution in [2.45, 2.75) is 0 Å². The van der Waals surface area contributed by atoms with E-state index in [1.54, 1.807) is 25.8 Å². The van der Waals surface area contributed by atoms with Crippen LogP contribution in [0, 0.1) is 0 Å². The van der Waals surface area contributed by atoms with Crippen LogP contribution in [-0.2, 0) is 0 Å². The number of benzene rings is 3. The van der Waals surface area contributed by atoms with Crippen molar-refractivity contribution < 1.29 is 4.74 Å². The summed E-state index contributed by atoms with van der Waals surface area (Å²) in [7, 11) is 1.67. The van der Waals surface area contributed by atoms with E-state index >= 15 is 0 Å². The third kappa shape index (κ3) is 4.47. The Kier molecular flexibility index (Phi) is 6.01. The number of ether oxygens (including phenoxy) is 1. The van der Waals surface area contributed by atoms with Crippen molar-refractivity contribution in [3.63, 3.8) is 0 Å². The Hall–Kier alpha value is -4.12. The number of aromatic amines is 2. The van der Waals surface area contributed by atoms with Crippen molar-refractivity contribution in [2.24, 2.45) is 0 Å². The predicted octanol–water partition coefficient (Wildman–Crippen LogP) is 5.83. The lowest BCUT2D eigenvalue weighted by Gasteiger charge is -2.02. The first kappa shape index (κ1) is 19.2. The molecule has 5 nitrogen and oxygen atoms in total. The molecule has 5 heteroatoms. The van der Waals surface area contributed by atoms with Gasteiger partial charge in [-0.05, 0) is 24.3 Å². The fourth-order valence-corrected chi connectivity index (χ4v) is 3.09. The molecule has 0 fully saturated rings. The minimum atomic E-state index is 0.835. The zero-order valence-electron chi connectivity index (χ0n) is 16.6. The molecule has 0 aliphatic carbocycles. The molecule has 0 bridgehead atoms. The number of methoxy groups -OCH3 is 1. The summed E-state index contributed by atoms with van der Waals surface area (Å²) in [6, 6.07) is 28.5. The van der Waals surface area contributed by atoms with E-state index < -0.39 is 0 Å². The number of imidazole rings is 2. The average Bonchev–Trinajstić information content (AvgIpc) is 3.54. The van der Waals surface area contributed by atoms with Crippen LogP contribution < -0.4 is 4.74 Å². The third-order valence-corrected chi connectivity index (χ3v) is 4.58. The Labute approximate surface area is 175 Å². The molecule has 2 aromatic heterocycles. The second-order valence-corrected chi connectivity index (χ2v) is 6.53. The van der Waals surface area contributed by atoms with E-state index in [9.17, 15) is 0 Å². The van der Waals surface area contributed by atoms with Gasteiger partial charge in [0.15, 0.2) is 0 Å². The van der Waals surface area contributed by atoms with Crippen LogP contribution in [0.1, 0.15) is 0 Å². The normalized spacial score (nSPS) is 10.2. The first-order valence-electron chi connectivity index (χ1n) is 9.63. The van der Waals surface area contributed by atoms with Gasteiger partial charge in [0.2, 0.25) is 0 Å². The molecular weight excluding hydrogens is 372 g/mol. The average molecular weight is 394 g/mol. The largest absolute Gasteiger partial charge is 0.497 e. The zero-order chi connectivity index (χ0) is 20.6. The van der Waals surface area contributed by atoms with Crippen LogP contribution in [0.15, 0.2) is 104 Å². The predicted molar refractivity (Wildman–Crippen MR) is 120 cm³/mol. The zero-order valence-corrected chi connectivity index (χ0v) is 16.6. The number of hydrogen-bond acceptors (Lipinski definition) is 3. The van der Waals surface area contributed by atoms with Crippen LogP contribution in [0.4, 0.5) is 0 Å². The van der Waals surface area contributed by atoms with E-state index in [1.807, 2.05) is 60.7 Å². The molecule has 0 spiro atoms. The molecule has 5 rings (SSSR count). The second-order valence-electron chi connectivity index (χ2n) is 6.53. The smallest absolute Gasteiger partial charge is 0.138 e. The molecule has 5 aromatic rings. The van der Waals surface area contributed by atoms with E-state index in [4.69, 9.17) is 9.72 Å².